The number of aryl methyl sites for hydroxylation is 1. The van der Waals surface area contributed by atoms with Crippen LogP contribution >= 0.6 is 0 Å². The Morgan fingerprint density at radius 1 is 0.914 bits per heavy atom. The number of nitrogens with zero attached hydrogens (tertiary/aromatic N) is 1. The SMILES string of the molecule is Cc1cccc(NC(=O)N(CCCNC(=O)C2CCCC2)c2ccc(Oc3ccccc3)cc2)c1. The van der Waals surface area contributed by atoms with Crippen LogP contribution in [0.2, 0.25) is 0 Å². The molecular weight excluding hydrogens is 438 g/mol. The van der Waals surface area contributed by atoms with Gasteiger partial charge in [-0.25, -0.2) is 4.79 Å². The molecule has 0 heterocycles. The summed E-state index contributed by atoms with van der Waals surface area (Å²) in [6, 6.07) is 24.6. The van der Waals surface area contributed by atoms with Crippen molar-refractivity contribution in [3.8, 4) is 11.5 Å². The summed E-state index contributed by atoms with van der Waals surface area (Å²) in [6.07, 6.45) is 4.88. The van der Waals surface area contributed by atoms with Crippen LogP contribution in [0.5, 0.6) is 11.5 Å². The summed E-state index contributed by atoms with van der Waals surface area (Å²) in [4.78, 5) is 27.3. The summed E-state index contributed by atoms with van der Waals surface area (Å²) in [6.45, 7) is 3.01. The molecule has 182 valence electrons. The minimum Gasteiger partial charge on any atom is -0.457 e. The number of nitrogens with one attached hydrogen (secondary N) is 2. The van der Waals surface area contributed by atoms with E-state index in [-0.39, 0.29) is 17.9 Å². The van der Waals surface area contributed by atoms with E-state index in [1.54, 1.807) is 4.90 Å². The summed E-state index contributed by atoms with van der Waals surface area (Å²) < 4.78 is 5.89. The highest BCUT2D eigenvalue weighted by Crippen LogP contribution is 2.26. The molecule has 6 heteroatoms. The predicted molar refractivity (Wildman–Crippen MR) is 140 cm³/mol. The largest absolute Gasteiger partial charge is 0.457 e. The second-order valence-corrected chi connectivity index (χ2v) is 8.99. The number of hydrogen-bond acceptors (Lipinski definition) is 3. The Bertz CT molecular complexity index is 1110. The zero-order chi connectivity index (χ0) is 24.5. The van der Waals surface area contributed by atoms with Gasteiger partial charge in [-0.15, -0.1) is 0 Å². The number of hydrogen-bond donors (Lipinski definition) is 2. The lowest BCUT2D eigenvalue weighted by molar-refractivity contribution is -0.124. The molecule has 4 rings (SSSR count). The van der Waals surface area contributed by atoms with E-state index in [9.17, 15) is 9.59 Å². The van der Waals surface area contributed by atoms with Crippen molar-refractivity contribution >= 4 is 23.3 Å². The third-order valence-electron chi connectivity index (χ3n) is 6.23. The average Bonchev–Trinajstić information content (AvgIpc) is 3.41. The summed E-state index contributed by atoms with van der Waals surface area (Å²) in [5.41, 5.74) is 2.59. The van der Waals surface area contributed by atoms with Crippen LogP contribution in [0, 0.1) is 12.8 Å². The fourth-order valence-electron chi connectivity index (χ4n) is 4.36. The summed E-state index contributed by atoms with van der Waals surface area (Å²) in [7, 11) is 0. The highest BCUT2D eigenvalue weighted by molar-refractivity contribution is 6.01. The number of rotatable bonds is 9. The van der Waals surface area contributed by atoms with Crippen molar-refractivity contribution in [3.05, 3.63) is 84.4 Å². The number of carbonyl (C=O) groups excluding carboxylic acids is 2. The van der Waals surface area contributed by atoms with E-state index in [1.807, 2.05) is 85.8 Å². The molecule has 0 aromatic heterocycles. The Balaban J connectivity index is 1.41. The Morgan fingerprint density at radius 2 is 1.63 bits per heavy atom. The van der Waals surface area contributed by atoms with Gasteiger partial charge in [0, 0.05) is 30.4 Å². The molecule has 2 N–H and O–H groups in total. The molecule has 3 aromatic carbocycles. The van der Waals surface area contributed by atoms with Crippen molar-refractivity contribution < 1.29 is 14.3 Å². The number of amides is 3. The first-order chi connectivity index (χ1) is 17.1. The maximum Gasteiger partial charge on any atom is 0.326 e. The molecule has 1 aliphatic rings. The highest BCUT2D eigenvalue weighted by atomic mass is 16.5. The molecular formula is C29H33N3O3. The van der Waals surface area contributed by atoms with E-state index < -0.39 is 0 Å². The van der Waals surface area contributed by atoms with Gasteiger partial charge in [0.2, 0.25) is 5.91 Å². The predicted octanol–water partition coefficient (Wildman–Crippen LogP) is 6.52. The molecule has 35 heavy (non-hydrogen) atoms. The smallest absolute Gasteiger partial charge is 0.326 e. The van der Waals surface area contributed by atoms with Crippen molar-refractivity contribution in [1.82, 2.24) is 5.32 Å². The minimum absolute atomic E-state index is 0.140. The number of para-hydroxylation sites is 1. The standard InChI is InChI=1S/C29H33N3O3/c1-22-9-7-12-24(21-22)31-29(34)32(20-8-19-30-28(33)23-10-5-6-11-23)25-15-17-27(18-16-25)35-26-13-3-2-4-14-26/h2-4,7,9,12-18,21,23H,5-6,8,10-11,19-20H2,1H3,(H,30,33)(H,31,34). The molecule has 1 aliphatic carbocycles. The van der Waals surface area contributed by atoms with Crippen LogP contribution in [-0.4, -0.2) is 25.0 Å². The second kappa shape index (κ2) is 12.1. The van der Waals surface area contributed by atoms with Gasteiger partial charge >= 0.3 is 6.03 Å². The van der Waals surface area contributed by atoms with Crippen LogP contribution < -0.4 is 20.3 Å². The molecule has 0 atom stereocenters. The first-order valence-electron chi connectivity index (χ1n) is 12.3. The fraction of sp³-hybridized carbons (Fsp3) is 0.310. The average molecular weight is 472 g/mol. The number of ether oxygens (including phenoxy) is 1. The van der Waals surface area contributed by atoms with Crippen LogP contribution in [-0.2, 0) is 4.79 Å². The van der Waals surface area contributed by atoms with Crippen molar-refractivity contribution in [2.24, 2.45) is 5.92 Å². The van der Waals surface area contributed by atoms with E-state index in [0.29, 0.717) is 25.3 Å². The lowest BCUT2D eigenvalue weighted by Crippen LogP contribution is -2.38. The monoisotopic (exact) mass is 471 g/mol. The van der Waals surface area contributed by atoms with Gasteiger partial charge in [-0.3, -0.25) is 9.69 Å². The molecule has 0 spiro atoms. The summed E-state index contributed by atoms with van der Waals surface area (Å²) >= 11 is 0. The zero-order valence-electron chi connectivity index (χ0n) is 20.2. The van der Waals surface area contributed by atoms with Gasteiger partial charge in [-0.2, -0.15) is 0 Å². The van der Waals surface area contributed by atoms with E-state index in [1.165, 1.54) is 0 Å². The lowest BCUT2D eigenvalue weighted by atomic mass is 10.1. The van der Waals surface area contributed by atoms with Gasteiger partial charge in [0.1, 0.15) is 11.5 Å². The van der Waals surface area contributed by atoms with E-state index >= 15 is 0 Å². The topological polar surface area (TPSA) is 70.7 Å². The summed E-state index contributed by atoms with van der Waals surface area (Å²) in [5.74, 6) is 1.74. The Hall–Kier alpha value is -3.80. The normalized spacial score (nSPS) is 13.3. The van der Waals surface area contributed by atoms with Gasteiger partial charge in [-0.05, 0) is 80.3 Å². The summed E-state index contributed by atoms with van der Waals surface area (Å²) in [5, 5.41) is 6.05. The van der Waals surface area contributed by atoms with Crippen LogP contribution in [0.3, 0.4) is 0 Å². The molecule has 0 aliphatic heterocycles. The number of benzene rings is 3. The maximum atomic E-state index is 13.2. The minimum atomic E-state index is -0.213. The third-order valence-corrected chi connectivity index (χ3v) is 6.23. The van der Waals surface area contributed by atoms with Gasteiger partial charge in [0.25, 0.3) is 0 Å². The molecule has 0 bridgehead atoms. The molecule has 3 aromatic rings. The van der Waals surface area contributed by atoms with Gasteiger partial charge in [0.05, 0.1) is 0 Å². The van der Waals surface area contributed by atoms with E-state index in [4.69, 9.17) is 4.74 Å². The lowest BCUT2D eigenvalue weighted by Gasteiger charge is -2.24. The Kier molecular flexibility index (Phi) is 8.39. The van der Waals surface area contributed by atoms with Gasteiger partial charge < -0.3 is 15.4 Å². The zero-order valence-corrected chi connectivity index (χ0v) is 20.2. The third kappa shape index (κ3) is 7.09. The molecule has 0 unspecified atom stereocenters. The molecule has 3 amide bonds. The quantitative estimate of drug-likeness (QED) is 0.349. The molecule has 6 nitrogen and oxygen atoms in total. The molecule has 1 fully saturated rings. The van der Waals surface area contributed by atoms with Crippen molar-refractivity contribution in [2.75, 3.05) is 23.3 Å². The first kappa shape index (κ1) is 24.3. The van der Waals surface area contributed by atoms with Crippen LogP contribution in [0.25, 0.3) is 0 Å². The number of anilines is 2. The molecule has 1 saturated carbocycles. The van der Waals surface area contributed by atoms with Gasteiger partial charge in [0.15, 0.2) is 0 Å². The Morgan fingerprint density at radius 3 is 2.34 bits per heavy atom. The number of urea groups is 1. The van der Waals surface area contributed by atoms with Crippen LogP contribution in [0.4, 0.5) is 16.2 Å². The van der Waals surface area contributed by atoms with E-state index in [0.717, 1.165) is 48.4 Å². The number of carbonyl (C=O) groups is 2. The van der Waals surface area contributed by atoms with Crippen molar-refractivity contribution in [2.45, 2.75) is 39.0 Å². The molecule has 0 radical (unpaired) electrons. The van der Waals surface area contributed by atoms with Crippen LogP contribution in [0.15, 0.2) is 78.9 Å². The van der Waals surface area contributed by atoms with Crippen molar-refractivity contribution in [3.63, 3.8) is 0 Å². The fourth-order valence-corrected chi connectivity index (χ4v) is 4.36. The van der Waals surface area contributed by atoms with Crippen LogP contribution in [0.1, 0.15) is 37.7 Å². The van der Waals surface area contributed by atoms with Gasteiger partial charge in [-0.1, -0.05) is 43.2 Å². The highest BCUT2D eigenvalue weighted by Gasteiger charge is 2.22. The molecule has 0 saturated heterocycles. The van der Waals surface area contributed by atoms with Crippen molar-refractivity contribution in [1.29, 1.82) is 0 Å². The maximum absolute atomic E-state index is 13.2. The van der Waals surface area contributed by atoms with E-state index in [2.05, 4.69) is 10.6 Å². The second-order valence-electron chi connectivity index (χ2n) is 8.99. The first-order valence-corrected chi connectivity index (χ1v) is 12.3. The Labute approximate surface area is 207 Å².